The summed E-state index contributed by atoms with van der Waals surface area (Å²) in [6, 6.07) is 15.8. The fraction of sp³-hybridized carbons (Fsp3) is 0.0556. The van der Waals surface area contributed by atoms with Crippen LogP contribution in [0.4, 0.5) is 4.39 Å². The summed E-state index contributed by atoms with van der Waals surface area (Å²) < 4.78 is 15.4. The Morgan fingerprint density at radius 2 is 1.84 bits per heavy atom. The number of rotatable bonds is 4. The van der Waals surface area contributed by atoms with Crippen LogP contribution in [0.2, 0.25) is 0 Å². The predicted molar refractivity (Wildman–Crippen MR) is 95.4 cm³/mol. The van der Waals surface area contributed by atoms with Crippen LogP contribution in [0.15, 0.2) is 70.7 Å². The Labute approximate surface area is 146 Å². The number of fused-ring (bicyclic) bond motifs is 1. The van der Waals surface area contributed by atoms with Gasteiger partial charge in [-0.3, -0.25) is 14.5 Å². The lowest BCUT2D eigenvalue weighted by Gasteiger charge is -2.12. The van der Waals surface area contributed by atoms with Gasteiger partial charge >= 0.3 is 0 Å². The van der Waals surface area contributed by atoms with Crippen molar-refractivity contribution in [2.45, 2.75) is 10.9 Å². The van der Waals surface area contributed by atoms with Crippen LogP contribution in [0, 0.1) is 5.82 Å². The molecule has 0 aliphatic rings. The lowest BCUT2D eigenvalue weighted by molar-refractivity contribution is 0.617. The molecule has 0 aliphatic carbocycles. The van der Waals surface area contributed by atoms with E-state index < -0.39 is 0 Å². The summed E-state index contributed by atoms with van der Waals surface area (Å²) >= 11 is 1.31. The van der Waals surface area contributed by atoms with Gasteiger partial charge in [-0.1, -0.05) is 48.2 Å². The summed E-state index contributed by atoms with van der Waals surface area (Å²) in [6.45, 7) is 0. The molecule has 0 radical (unpaired) electrons. The molecule has 2 aromatic heterocycles. The van der Waals surface area contributed by atoms with Crippen LogP contribution in [0.1, 0.15) is 5.56 Å². The van der Waals surface area contributed by atoms with E-state index in [1.54, 1.807) is 18.2 Å². The third-order valence-electron chi connectivity index (χ3n) is 3.78. The maximum absolute atomic E-state index is 13.9. The second kappa shape index (κ2) is 6.52. The van der Waals surface area contributed by atoms with E-state index in [9.17, 15) is 9.18 Å². The number of aromatic amines is 1. The van der Waals surface area contributed by atoms with Crippen molar-refractivity contribution in [1.82, 2.24) is 19.7 Å². The third-order valence-corrected chi connectivity index (χ3v) is 4.77. The van der Waals surface area contributed by atoms with Gasteiger partial charge in [0.2, 0.25) is 0 Å². The number of aromatic nitrogens is 4. The van der Waals surface area contributed by atoms with E-state index in [0.29, 0.717) is 33.2 Å². The van der Waals surface area contributed by atoms with Crippen molar-refractivity contribution in [2.75, 3.05) is 0 Å². The van der Waals surface area contributed by atoms with Gasteiger partial charge < -0.3 is 0 Å². The van der Waals surface area contributed by atoms with Crippen molar-refractivity contribution in [3.05, 3.63) is 82.5 Å². The number of thioether (sulfide) groups is 1. The summed E-state index contributed by atoms with van der Waals surface area (Å²) in [5.41, 5.74) is 1.49. The average Bonchev–Trinajstić information content (AvgIpc) is 3.11. The van der Waals surface area contributed by atoms with Gasteiger partial charge in [0.1, 0.15) is 11.2 Å². The molecular weight excluding hydrogens is 339 g/mol. The van der Waals surface area contributed by atoms with Crippen molar-refractivity contribution in [2.24, 2.45) is 0 Å². The summed E-state index contributed by atoms with van der Waals surface area (Å²) in [5, 5.41) is 7.53. The Kier molecular flexibility index (Phi) is 4.07. The molecule has 124 valence electrons. The SMILES string of the molecule is O=c1c2cn[nH]c2nc(SCc2ccccc2F)n1-c1ccccc1. The summed E-state index contributed by atoms with van der Waals surface area (Å²) in [7, 11) is 0. The van der Waals surface area contributed by atoms with Crippen molar-refractivity contribution in [1.29, 1.82) is 0 Å². The van der Waals surface area contributed by atoms with Crippen molar-refractivity contribution < 1.29 is 4.39 Å². The average molecular weight is 352 g/mol. The Morgan fingerprint density at radius 3 is 2.64 bits per heavy atom. The first-order valence-electron chi connectivity index (χ1n) is 7.62. The molecule has 1 N–H and O–H groups in total. The molecule has 0 saturated heterocycles. The first-order chi connectivity index (χ1) is 12.2. The zero-order chi connectivity index (χ0) is 17.2. The summed E-state index contributed by atoms with van der Waals surface area (Å²) in [4.78, 5) is 17.4. The molecule has 25 heavy (non-hydrogen) atoms. The van der Waals surface area contributed by atoms with Crippen molar-refractivity contribution >= 4 is 22.8 Å². The molecule has 0 amide bonds. The lowest BCUT2D eigenvalue weighted by atomic mass is 10.2. The lowest BCUT2D eigenvalue weighted by Crippen LogP contribution is -2.21. The van der Waals surface area contributed by atoms with Crippen LogP contribution < -0.4 is 5.56 Å². The number of nitrogens with zero attached hydrogens (tertiary/aromatic N) is 3. The molecule has 4 rings (SSSR count). The topological polar surface area (TPSA) is 63.6 Å². The predicted octanol–water partition coefficient (Wildman–Crippen LogP) is 3.54. The Bertz CT molecular complexity index is 1090. The minimum Gasteiger partial charge on any atom is -0.268 e. The first kappa shape index (κ1) is 15.6. The minimum absolute atomic E-state index is 0.207. The van der Waals surface area contributed by atoms with Gasteiger partial charge in [0.25, 0.3) is 5.56 Å². The second-order valence-electron chi connectivity index (χ2n) is 5.38. The number of para-hydroxylation sites is 1. The van der Waals surface area contributed by atoms with E-state index in [-0.39, 0.29) is 11.4 Å². The normalized spacial score (nSPS) is 11.1. The van der Waals surface area contributed by atoms with Crippen LogP contribution >= 0.6 is 11.8 Å². The molecule has 5 nitrogen and oxygen atoms in total. The fourth-order valence-corrected chi connectivity index (χ4v) is 3.53. The summed E-state index contributed by atoms with van der Waals surface area (Å²) in [5.74, 6) is 0.0946. The third kappa shape index (κ3) is 2.94. The smallest absolute Gasteiger partial charge is 0.268 e. The van der Waals surface area contributed by atoms with Gasteiger partial charge in [0.05, 0.1) is 11.9 Å². The number of hydrogen-bond donors (Lipinski definition) is 1. The van der Waals surface area contributed by atoms with E-state index in [1.165, 1.54) is 28.6 Å². The van der Waals surface area contributed by atoms with Crippen LogP contribution in [0.5, 0.6) is 0 Å². The monoisotopic (exact) mass is 352 g/mol. The van der Waals surface area contributed by atoms with E-state index in [0.717, 1.165) is 0 Å². The van der Waals surface area contributed by atoms with E-state index >= 15 is 0 Å². The van der Waals surface area contributed by atoms with E-state index in [1.807, 2.05) is 30.3 Å². The molecule has 0 aliphatic heterocycles. The fourth-order valence-electron chi connectivity index (χ4n) is 2.53. The van der Waals surface area contributed by atoms with E-state index in [4.69, 9.17) is 0 Å². The van der Waals surface area contributed by atoms with Crippen LogP contribution in [-0.4, -0.2) is 19.7 Å². The Morgan fingerprint density at radius 1 is 1.08 bits per heavy atom. The molecule has 4 aromatic rings. The zero-order valence-corrected chi connectivity index (χ0v) is 13.8. The standard InChI is InChI=1S/C18H13FN4OS/c19-15-9-5-4-6-12(15)11-25-18-21-16-14(10-20-22-16)17(24)23(18)13-7-2-1-3-8-13/h1-10H,11H2,(H,20,22). The highest BCUT2D eigenvalue weighted by Crippen LogP contribution is 2.25. The maximum Gasteiger partial charge on any atom is 0.269 e. The van der Waals surface area contributed by atoms with Gasteiger partial charge in [-0.05, 0) is 23.8 Å². The van der Waals surface area contributed by atoms with Gasteiger partial charge in [-0.15, -0.1) is 0 Å². The van der Waals surface area contributed by atoms with Gasteiger partial charge in [-0.2, -0.15) is 5.10 Å². The summed E-state index contributed by atoms with van der Waals surface area (Å²) in [6.07, 6.45) is 1.47. The largest absolute Gasteiger partial charge is 0.269 e. The van der Waals surface area contributed by atoms with Crippen molar-refractivity contribution in [3.63, 3.8) is 0 Å². The van der Waals surface area contributed by atoms with E-state index in [2.05, 4.69) is 15.2 Å². The molecule has 0 atom stereocenters. The number of benzene rings is 2. The van der Waals surface area contributed by atoms with Crippen LogP contribution in [-0.2, 0) is 5.75 Å². The molecular formula is C18H13FN4OS. The maximum atomic E-state index is 13.9. The van der Waals surface area contributed by atoms with Gasteiger partial charge in [0.15, 0.2) is 10.8 Å². The molecule has 0 unspecified atom stereocenters. The molecule has 0 bridgehead atoms. The zero-order valence-electron chi connectivity index (χ0n) is 13.0. The second-order valence-corrected chi connectivity index (χ2v) is 6.33. The molecule has 7 heteroatoms. The number of H-pyrrole nitrogens is 1. The highest BCUT2D eigenvalue weighted by molar-refractivity contribution is 7.98. The van der Waals surface area contributed by atoms with Gasteiger partial charge in [0, 0.05) is 5.75 Å². The molecule has 2 heterocycles. The van der Waals surface area contributed by atoms with Gasteiger partial charge in [-0.25, -0.2) is 9.37 Å². The van der Waals surface area contributed by atoms with Crippen LogP contribution in [0.3, 0.4) is 0 Å². The Hall–Kier alpha value is -2.93. The molecule has 0 fully saturated rings. The van der Waals surface area contributed by atoms with Crippen LogP contribution in [0.25, 0.3) is 16.7 Å². The van der Waals surface area contributed by atoms with Crippen molar-refractivity contribution in [3.8, 4) is 5.69 Å². The number of nitrogens with one attached hydrogen (secondary N) is 1. The molecule has 0 saturated carbocycles. The molecule has 0 spiro atoms. The highest BCUT2D eigenvalue weighted by atomic mass is 32.2. The minimum atomic E-state index is -0.272. The number of halogens is 1. The number of hydrogen-bond acceptors (Lipinski definition) is 4. The highest BCUT2D eigenvalue weighted by Gasteiger charge is 2.15. The molecule has 2 aromatic carbocycles. The first-order valence-corrected chi connectivity index (χ1v) is 8.60. The Balaban J connectivity index is 1.82. The quantitative estimate of drug-likeness (QED) is 0.451.